The first-order chi connectivity index (χ1) is 11.3. The molecular formula is C13H15FN5O5+. The molecule has 10 nitrogen and oxygen atoms in total. The van der Waals surface area contributed by atoms with Gasteiger partial charge in [0.05, 0.1) is 6.61 Å². The minimum absolute atomic E-state index is 0.0271. The summed E-state index contributed by atoms with van der Waals surface area (Å²) in [4.78, 5) is 8.00. The second-order valence-corrected chi connectivity index (χ2v) is 5.90. The normalized spacial score (nSPS) is 30.6. The molecule has 4 rings (SSSR count). The smallest absolute Gasteiger partial charge is 0.394 e. The van der Waals surface area contributed by atoms with Gasteiger partial charge >= 0.3 is 11.7 Å². The number of ether oxygens (including phenoxy) is 1. The Morgan fingerprint density at radius 3 is 2.96 bits per heavy atom. The van der Waals surface area contributed by atoms with Gasteiger partial charge in [-0.1, -0.05) is 4.98 Å². The van der Waals surface area contributed by atoms with Crippen LogP contribution in [-0.4, -0.2) is 54.3 Å². The molecule has 1 saturated heterocycles. The van der Waals surface area contributed by atoms with Crippen molar-refractivity contribution in [1.82, 2.24) is 14.5 Å². The number of rotatable bonds is 2. The predicted molar refractivity (Wildman–Crippen MR) is 75.0 cm³/mol. The molecule has 0 aromatic carbocycles. The molecule has 4 heterocycles. The molecule has 0 amide bonds. The summed E-state index contributed by atoms with van der Waals surface area (Å²) in [6, 6.07) is -0.156. The van der Waals surface area contributed by atoms with Crippen LogP contribution in [0.25, 0.3) is 16.7 Å². The fraction of sp³-hybridized carbons (Fsp3) is 0.462. The van der Waals surface area contributed by atoms with E-state index in [-0.39, 0.29) is 22.7 Å². The lowest BCUT2D eigenvalue weighted by atomic mass is 9.96. The first kappa shape index (κ1) is 15.2. The Balaban J connectivity index is 1.93. The first-order valence-corrected chi connectivity index (χ1v) is 7.14. The van der Waals surface area contributed by atoms with Crippen molar-refractivity contribution >= 4 is 22.7 Å². The molecule has 1 aliphatic rings. The van der Waals surface area contributed by atoms with Crippen LogP contribution in [0.3, 0.4) is 0 Å². The molecule has 24 heavy (non-hydrogen) atoms. The maximum absolute atomic E-state index is 14.5. The number of hydrogen-bond donors (Lipinski definition) is 4. The van der Waals surface area contributed by atoms with E-state index in [9.17, 15) is 19.7 Å². The van der Waals surface area contributed by atoms with Crippen LogP contribution in [0.2, 0.25) is 0 Å². The van der Waals surface area contributed by atoms with Gasteiger partial charge in [0, 0.05) is 6.20 Å². The Kier molecular flexibility index (Phi) is 3.06. The number of hydrogen-bond acceptors (Lipinski definition) is 8. The van der Waals surface area contributed by atoms with Crippen molar-refractivity contribution in [2.75, 3.05) is 12.3 Å². The van der Waals surface area contributed by atoms with Crippen molar-refractivity contribution in [2.24, 2.45) is 0 Å². The zero-order valence-corrected chi connectivity index (χ0v) is 12.5. The number of nitrogens with two attached hydrogens (primary N) is 1. The largest absolute Gasteiger partial charge is 0.406 e. The summed E-state index contributed by atoms with van der Waals surface area (Å²) in [6.45, 7) is 0.839. The van der Waals surface area contributed by atoms with Gasteiger partial charge in [-0.3, -0.25) is 9.09 Å². The molecule has 128 valence electrons. The Morgan fingerprint density at radius 2 is 2.29 bits per heavy atom. The van der Waals surface area contributed by atoms with Gasteiger partial charge in [0.1, 0.15) is 17.8 Å². The fourth-order valence-corrected chi connectivity index (χ4v) is 3.06. The molecule has 0 radical (unpaired) electrons. The maximum atomic E-state index is 14.5. The van der Waals surface area contributed by atoms with E-state index in [1.807, 2.05) is 0 Å². The molecular weight excluding hydrogens is 325 g/mol. The third-order valence-corrected chi connectivity index (χ3v) is 4.27. The number of nitrogens with zero attached hydrogens (tertiary/aromatic N) is 4. The van der Waals surface area contributed by atoms with E-state index < -0.39 is 36.5 Å². The van der Waals surface area contributed by atoms with E-state index in [1.54, 1.807) is 0 Å². The van der Waals surface area contributed by atoms with Gasteiger partial charge in [0.15, 0.2) is 17.4 Å². The summed E-state index contributed by atoms with van der Waals surface area (Å²) in [5.74, 6) is -0.676. The highest BCUT2D eigenvalue weighted by Gasteiger charge is 2.53. The number of halogens is 1. The molecule has 3 aromatic heterocycles. The van der Waals surface area contributed by atoms with Crippen LogP contribution in [0.15, 0.2) is 17.0 Å². The van der Waals surface area contributed by atoms with Gasteiger partial charge < -0.3 is 25.8 Å². The van der Waals surface area contributed by atoms with E-state index in [4.69, 9.17) is 15.0 Å². The van der Waals surface area contributed by atoms with Crippen LogP contribution in [0, 0.1) is 5.82 Å². The van der Waals surface area contributed by atoms with E-state index in [2.05, 4.69) is 9.97 Å². The minimum Gasteiger partial charge on any atom is -0.394 e. The summed E-state index contributed by atoms with van der Waals surface area (Å²) in [5.41, 5.74) is 3.95. The standard InChI is InChI=1S/C13H14FN5O5/c1-13(22)8(21)6(3-20)23-11(13)18-2-5(14)7-9(18)16-4-19-10(7)17-12(15)24-19/h2,4,6,8,11,15,20-22H,3H2,1H3/p+1/t6-,8-,11-,13-/m1/s1. The quantitative estimate of drug-likeness (QED) is 0.412. The molecule has 1 aliphatic heterocycles. The highest BCUT2D eigenvalue weighted by molar-refractivity contribution is 5.88. The van der Waals surface area contributed by atoms with Crippen LogP contribution >= 0.6 is 0 Å². The molecule has 4 atom stereocenters. The molecule has 1 fully saturated rings. The van der Waals surface area contributed by atoms with E-state index in [1.165, 1.54) is 17.8 Å². The van der Waals surface area contributed by atoms with Crippen LogP contribution in [-0.2, 0) is 4.74 Å². The Labute approximate surface area is 133 Å². The number of aromatic nitrogens is 4. The van der Waals surface area contributed by atoms with Crippen molar-refractivity contribution in [2.45, 2.75) is 31.0 Å². The molecule has 5 N–H and O–H groups in total. The third-order valence-electron chi connectivity index (χ3n) is 4.27. The van der Waals surface area contributed by atoms with Gasteiger partial charge in [0.25, 0.3) is 6.33 Å². The lowest BCUT2D eigenvalue weighted by Crippen LogP contribution is -2.44. The van der Waals surface area contributed by atoms with Crippen molar-refractivity contribution in [1.29, 1.82) is 0 Å². The zero-order chi connectivity index (χ0) is 17.2. The summed E-state index contributed by atoms with van der Waals surface area (Å²) >= 11 is 0. The lowest BCUT2D eigenvalue weighted by molar-refractivity contribution is -0.716. The SMILES string of the molecule is C[C@@]1(O)[C@H](O)[C@@H](CO)O[C@H]1n1cc(F)c2c1nc[n+]1oc(N)nc21. The van der Waals surface area contributed by atoms with Gasteiger partial charge in [-0.2, -0.15) is 0 Å². The lowest BCUT2D eigenvalue weighted by Gasteiger charge is -2.27. The number of nitrogen functional groups attached to an aromatic ring is 1. The second kappa shape index (κ2) is 4.83. The second-order valence-electron chi connectivity index (χ2n) is 5.90. The summed E-state index contributed by atoms with van der Waals surface area (Å²) < 4.78 is 27.4. The van der Waals surface area contributed by atoms with Crippen molar-refractivity contribution in [3.8, 4) is 0 Å². The van der Waals surface area contributed by atoms with E-state index >= 15 is 0 Å². The number of anilines is 1. The minimum atomic E-state index is -1.77. The molecule has 0 spiro atoms. The van der Waals surface area contributed by atoms with Crippen molar-refractivity contribution in [3.63, 3.8) is 0 Å². The molecule has 3 aromatic rings. The average Bonchev–Trinajstić information content (AvgIpc) is 3.13. The summed E-state index contributed by atoms with van der Waals surface area (Å²) in [6.07, 6.45) is -1.19. The third kappa shape index (κ3) is 1.86. The number of fused-ring (bicyclic) bond motifs is 3. The topological polar surface area (TPSA) is 144 Å². The number of aliphatic hydroxyl groups is 3. The van der Waals surface area contributed by atoms with Crippen LogP contribution in [0.5, 0.6) is 0 Å². The molecule has 0 aliphatic carbocycles. The van der Waals surface area contributed by atoms with E-state index in [0.717, 1.165) is 10.8 Å². The summed E-state index contributed by atoms with van der Waals surface area (Å²) in [5, 5.41) is 29.9. The summed E-state index contributed by atoms with van der Waals surface area (Å²) in [7, 11) is 0. The molecule has 0 unspecified atom stereocenters. The van der Waals surface area contributed by atoms with Crippen LogP contribution in [0.1, 0.15) is 13.2 Å². The van der Waals surface area contributed by atoms with Gasteiger partial charge in [-0.15, -0.1) is 0 Å². The fourth-order valence-electron chi connectivity index (χ4n) is 3.06. The Bertz CT molecular complexity index is 938. The van der Waals surface area contributed by atoms with Gasteiger partial charge in [0.2, 0.25) is 5.65 Å². The highest BCUT2D eigenvalue weighted by atomic mass is 19.1. The van der Waals surface area contributed by atoms with Crippen LogP contribution in [0.4, 0.5) is 10.4 Å². The monoisotopic (exact) mass is 340 g/mol. The zero-order valence-electron chi connectivity index (χ0n) is 12.5. The van der Waals surface area contributed by atoms with Crippen molar-refractivity contribution in [3.05, 3.63) is 18.3 Å². The Hall–Kier alpha value is -2.34. The molecule has 11 heteroatoms. The first-order valence-electron chi connectivity index (χ1n) is 7.14. The predicted octanol–water partition coefficient (Wildman–Crippen LogP) is -1.51. The van der Waals surface area contributed by atoms with Gasteiger partial charge in [-0.05, 0) is 16.5 Å². The number of aliphatic hydroxyl groups excluding tert-OH is 2. The van der Waals surface area contributed by atoms with Gasteiger partial charge in [-0.25, -0.2) is 4.39 Å². The average molecular weight is 340 g/mol. The van der Waals surface area contributed by atoms with Crippen molar-refractivity contribution < 1.29 is 33.5 Å². The molecule has 0 saturated carbocycles. The van der Waals surface area contributed by atoms with Crippen LogP contribution < -0.4 is 10.3 Å². The highest BCUT2D eigenvalue weighted by Crippen LogP contribution is 2.40. The maximum Gasteiger partial charge on any atom is 0.406 e. The molecule has 0 bridgehead atoms. The Morgan fingerprint density at radius 1 is 1.54 bits per heavy atom. The van der Waals surface area contributed by atoms with E-state index in [0.29, 0.717) is 0 Å².